The quantitative estimate of drug-likeness (QED) is 0.454. The molecule has 0 saturated heterocycles. The zero-order chi connectivity index (χ0) is 5.98. The van der Waals surface area contributed by atoms with Crippen LogP contribution in [-0.2, 0) is 4.79 Å². The molecule has 1 N–H and O–H groups in total. The van der Waals surface area contributed by atoms with Gasteiger partial charge in [-0.15, -0.1) is 0 Å². The van der Waals surface area contributed by atoms with E-state index in [4.69, 9.17) is 0 Å². The molecule has 0 radical (unpaired) electrons. The zero-order valence-corrected chi connectivity index (χ0v) is 4.72. The number of aliphatic imine (C=N–C) groups is 1. The van der Waals surface area contributed by atoms with Crippen molar-refractivity contribution >= 4 is 12.1 Å². The summed E-state index contributed by atoms with van der Waals surface area (Å²) in [6.07, 6.45) is 1.33. The van der Waals surface area contributed by atoms with Crippen LogP contribution in [0.4, 0.5) is 0 Å². The monoisotopic (exact) mass is 112 g/mol. The van der Waals surface area contributed by atoms with Crippen LogP contribution in [0.5, 0.6) is 0 Å². The normalized spacial score (nSPS) is 27.6. The maximum Gasteiger partial charge on any atom is 0.262 e. The van der Waals surface area contributed by atoms with Crippen molar-refractivity contribution in [2.45, 2.75) is 13.0 Å². The van der Waals surface area contributed by atoms with Gasteiger partial charge in [0.25, 0.3) is 5.91 Å². The molecule has 1 atom stereocenters. The number of carbonyl (C=O) groups excluding carboxylic acids is 1. The lowest BCUT2D eigenvalue weighted by molar-refractivity contribution is -0.114. The molecule has 1 rings (SSSR count). The molecule has 0 aromatic carbocycles. The van der Waals surface area contributed by atoms with Crippen LogP contribution in [0.15, 0.2) is 4.99 Å². The Labute approximate surface area is 47.8 Å². The molecule has 0 spiro atoms. The van der Waals surface area contributed by atoms with E-state index in [2.05, 4.69) is 10.3 Å². The first-order chi connectivity index (χ1) is 3.79. The van der Waals surface area contributed by atoms with Gasteiger partial charge in [-0.25, -0.2) is 0 Å². The van der Waals surface area contributed by atoms with E-state index in [1.165, 1.54) is 6.21 Å². The molecular formula is C5H8N2O. The van der Waals surface area contributed by atoms with Crippen molar-refractivity contribution in [3.8, 4) is 0 Å². The molecule has 0 saturated carbocycles. The fourth-order valence-electron chi connectivity index (χ4n) is 0.542. The smallest absolute Gasteiger partial charge is 0.262 e. The van der Waals surface area contributed by atoms with Crippen LogP contribution in [0.1, 0.15) is 6.92 Å². The highest BCUT2D eigenvalue weighted by Gasteiger charge is 2.05. The molecule has 8 heavy (non-hydrogen) atoms. The van der Waals surface area contributed by atoms with E-state index >= 15 is 0 Å². The Balaban J connectivity index is 2.55. The number of nitrogens with zero attached hydrogens (tertiary/aromatic N) is 1. The molecule has 3 heteroatoms. The Bertz CT molecular complexity index is 130. The number of amides is 1. The predicted molar refractivity (Wildman–Crippen MR) is 31.0 cm³/mol. The van der Waals surface area contributed by atoms with E-state index in [0.717, 1.165) is 0 Å². The Kier molecular flexibility index (Phi) is 1.28. The van der Waals surface area contributed by atoms with Crippen LogP contribution in [-0.4, -0.2) is 24.7 Å². The first-order valence-electron chi connectivity index (χ1n) is 2.60. The van der Waals surface area contributed by atoms with Crippen LogP contribution >= 0.6 is 0 Å². The molecule has 0 aromatic rings. The van der Waals surface area contributed by atoms with Crippen molar-refractivity contribution in [3.63, 3.8) is 0 Å². The van der Waals surface area contributed by atoms with Gasteiger partial charge >= 0.3 is 0 Å². The van der Waals surface area contributed by atoms with Gasteiger partial charge in [-0.1, -0.05) is 0 Å². The van der Waals surface area contributed by atoms with Gasteiger partial charge < -0.3 is 5.32 Å². The summed E-state index contributed by atoms with van der Waals surface area (Å²) < 4.78 is 0. The van der Waals surface area contributed by atoms with Gasteiger partial charge in [0.05, 0.1) is 12.3 Å². The molecule has 0 unspecified atom stereocenters. The molecule has 1 aliphatic rings. The molecule has 44 valence electrons. The van der Waals surface area contributed by atoms with Gasteiger partial charge in [-0.05, 0) is 6.92 Å². The molecular weight excluding hydrogens is 104 g/mol. The van der Waals surface area contributed by atoms with E-state index in [-0.39, 0.29) is 11.9 Å². The van der Waals surface area contributed by atoms with Crippen molar-refractivity contribution in [3.05, 3.63) is 0 Å². The summed E-state index contributed by atoms with van der Waals surface area (Å²) in [5, 5.41) is 2.64. The SMILES string of the molecule is C[C@H]1CNC(=O)C=N1. The average molecular weight is 112 g/mol. The second-order valence-electron chi connectivity index (χ2n) is 1.87. The first kappa shape index (κ1) is 5.28. The largest absolute Gasteiger partial charge is 0.349 e. The second-order valence-corrected chi connectivity index (χ2v) is 1.87. The van der Waals surface area contributed by atoms with Crippen molar-refractivity contribution in [1.29, 1.82) is 0 Å². The number of rotatable bonds is 0. The number of hydrogen-bond donors (Lipinski definition) is 1. The van der Waals surface area contributed by atoms with Crippen LogP contribution in [0, 0.1) is 0 Å². The number of carbonyl (C=O) groups is 1. The third-order valence-electron chi connectivity index (χ3n) is 1.02. The minimum absolute atomic E-state index is 0.0805. The summed E-state index contributed by atoms with van der Waals surface area (Å²) in [7, 11) is 0. The molecule has 0 aromatic heterocycles. The average Bonchev–Trinajstić information content (AvgIpc) is 1.77. The Hall–Kier alpha value is -0.860. The zero-order valence-electron chi connectivity index (χ0n) is 4.72. The molecule has 1 heterocycles. The van der Waals surface area contributed by atoms with Crippen molar-refractivity contribution in [1.82, 2.24) is 5.32 Å². The first-order valence-corrected chi connectivity index (χ1v) is 2.60. The summed E-state index contributed by atoms with van der Waals surface area (Å²) in [4.78, 5) is 14.2. The summed E-state index contributed by atoms with van der Waals surface area (Å²) in [6, 6.07) is 0.257. The highest BCUT2D eigenvalue weighted by molar-refractivity contribution is 6.26. The Morgan fingerprint density at radius 2 is 2.75 bits per heavy atom. The van der Waals surface area contributed by atoms with Gasteiger partial charge in [-0.3, -0.25) is 9.79 Å². The van der Waals surface area contributed by atoms with E-state index < -0.39 is 0 Å². The fourth-order valence-corrected chi connectivity index (χ4v) is 0.542. The van der Waals surface area contributed by atoms with Gasteiger partial charge in [0.2, 0.25) is 0 Å². The third kappa shape index (κ3) is 1.05. The number of nitrogens with one attached hydrogen (secondary N) is 1. The van der Waals surface area contributed by atoms with Gasteiger partial charge in [-0.2, -0.15) is 0 Å². The molecule has 1 aliphatic heterocycles. The van der Waals surface area contributed by atoms with E-state index in [0.29, 0.717) is 6.54 Å². The van der Waals surface area contributed by atoms with Gasteiger partial charge in [0.1, 0.15) is 0 Å². The number of hydrogen-bond acceptors (Lipinski definition) is 2. The van der Waals surface area contributed by atoms with Crippen molar-refractivity contribution in [2.24, 2.45) is 4.99 Å². The van der Waals surface area contributed by atoms with E-state index in [1.54, 1.807) is 0 Å². The Morgan fingerprint density at radius 1 is 2.00 bits per heavy atom. The van der Waals surface area contributed by atoms with E-state index in [1.807, 2.05) is 6.92 Å². The maximum atomic E-state index is 10.3. The minimum Gasteiger partial charge on any atom is -0.349 e. The molecule has 0 fully saturated rings. The summed E-state index contributed by atoms with van der Waals surface area (Å²) in [6.45, 7) is 2.63. The lowest BCUT2D eigenvalue weighted by Crippen LogP contribution is -2.35. The Morgan fingerprint density at radius 3 is 3.12 bits per heavy atom. The topological polar surface area (TPSA) is 41.5 Å². The van der Waals surface area contributed by atoms with Crippen LogP contribution in [0.2, 0.25) is 0 Å². The van der Waals surface area contributed by atoms with Crippen LogP contribution in [0.25, 0.3) is 0 Å². The summed E-state index contributed by atoms with van der Waals surface area (Å²) in [5.74, 6) is -0.0805. The van der Waals surface area contributed by atoms with Gasteiger partial charge in [0.15, 0.2) is 0 Å². The molecule has 3 nitrogen and oxygen atoms in total. The lowest BCUT2D eigenvalue weighted by Gasteiger charge is -2.10. The molecule has 0 aliphatic carbocycles. The molecule has 1 amide bonds. The van der Waals surface area contributed by atoms with Gasteiger partial charge in [0, 0.05) is 6.54 Å². The fraction of sp³-hybridized carbons (Fsp3) is 0.600. The minimum atomic E-state index is -0.0805. The highest BCUT2D eigenvalue weighted by atomic mass is 16.1. The second kappa shape index (κ2) is 1.94. The van der Waals surface area contributed by atoms with Crippen molar-refractivity contribution < 1.29 is 4.79 Å². The van der Waals surface area contributed by atoms with Crippen molar-refractivity contribution in [2.75, 3.05) is 6.54 Å². The standard InChI is InChI=1S/C5H8N2O/c1-4-2-7-5(8)3-6-4/h3-4H,2H2,1H3,(H,7,8)/t4-/m0/s1. The molecule has 0 bridgehead atoms. The third-order valence-corrected chi connectivity index (χ3v) is 1.02. The van der Waals surface area contributed by atoms with Crippen LogP contribution in [0.3, 0.4) is 0 Å². The highest BCUT2D eigenvalue weighted by Crippen LogP contribution is 1.88. The lowest BCUT2D eigenvalue weighted by atomic mass is 10.3. The maximum absolute atomic E-state index is 10.3. The predicted octanol–water partition coefficient (Wildman–Crippen LogP) is -0.425. The summed E-state index contributed by atoms with van der Waals surface area (Å²) in [5.41, 5.74) is 0. The van der Waals surface area contributed by atoms with Crippen LogP contribution < -0.4 is 5.32 Å². The summed E-state index contributed by atoms with van der Waals surface area (Å²) >= 11 is 0. The van der Waals surface area contributed by atoms with E-state index in [9.17, 15) is 4.79 Å².